The Hall–Kier alpha value is -1.67. The standard InChI is InChI=1S/C16H15FO/c17-15-3-1-2-14(10-15)16(18)13-8-6-12(7-9-13)11-4-5-11/h1-3,6-11,16,18H,4-5H2. The van der Waals surface area contributed by atoms with Crippen molar-refractivity contribution < 1.29 is 9.50 Å². The van der Waals surface area contributed by atoms with Gasteiger partial charge in [0.05, 0.1) is 0 Å². The van der Waals surface area contributed by atoms with Gasteiger partial charge >= 0.3 is 0 Å². The van der Waals surface area contributed by atoms with Gasteiger partial charge in [-0.2, -0.15) is 0 Å². The van der Waals surface area contributed by atoms with Crippen LogP contribution in [0.5, 0.6) is 0 Å². The van der Waals surface area contributed by atoms with E-state index in [2.05, 4.69) is 12.1 Å². The summed E-state index contributed by atoms with van der Waals surface area (Å²) in [6.45, 7) is 0. The minimum Gasteiger partial charge on any atom is -0.384 e. The van der Waals surface area contributed by atoms with Crippen LogP contribution in [0, 0.1) is 5.82 Å². The van der Waals surface area contributed by atoms with Gasteiger partial charge in [0.15, 0.2) is 0 Å². The molecule has 0 bridgehead atoms. The van der Waals surface area contributed by atoms with Gasteiger partial charge in [0.1, 0.15) is 11.9 Å². The van der Waals surface area contributed by atoms with E-state index in [1.807, 2.05) is 12.1 Å². The summed E-state index contributed by atoms with van der Waals surface area (Å²) in [6, 6.07) is 14.1. The molecule has 0 amide bonds. The fourth-order valence-electron chi connectivity index (χ4n) is 2.24. The Morgan fingerprint density at radius 2 is 1.72 bits per heavy atom. The molecular weight excluding hydrogens is 227 g/mol. The van der Waals surface area contributed by atoms with E-state index in [1.54, 1.807) is 12.1 Å². The van der Waals surface area contributed by atoms with Gasteiger partial charge in [-0.05, 0) is 47.6 Å². The molecule has 0 aromatic heterocycles. The van der Waals surface area contributed by atoms with Crippen LogP contribution in [0.1, 0.15) is 41.6 Å². The van der Waals surface area contributed by atoms with Crippen molar-refractivity contribution in [1.82, 2.24) is 0 Å². The first kappa shape index (κ1) is 11.4. The predicted molar refractivity (Wildman–Crippen MR) is 68.9 cm³/mol. The second-order valence-corrected chi connectivity index (χ2v) is 4.90. The molecule has 1 aliphatic carbocycles. The lowest BCUT2D eigenvalue weighted by molar-refractivity contribution is 0.220. The fourth-order valence-corrected chi connectivity index (χ4v) is 2.24. The van der Waals surface area contributed by atoms with Crippen molar-refractivity contribution in [2.24, 2.45) is 0 Å². The summed E-state index contributed by atoms with van der Waals surface area (Å²) in [4.78, 5) is 0. The summed E-state index contributed by atoms with van der Waals surface area (Å²) in [6.07, 6.45) is 1.78. The normalized spacial score (nSPS) is 16.6. The molecule has 92 valence electrons. The van der Waals surface area contributed by atoms with E-state index < -0.39 is 6.10 Å². The molecule has 1 aliphatic rings. The SMILES string of the molecule is OC(c1ccc(C2CC2)cc1)c1cccc(F)c1. The van der Waals surface area contributed by atoms with E-state index in [4.69, 9.17) is 0 Å². The zero-order valence-electron chi connectivity index (χ0n) is 10.0. The fraction of sp³-hybridized carbons (Fsp3) is 0.250. The molecule has 1 N–H and O–H groups in total. The third-order valence-corrected chi connectivity index (χ3v) is 3.47. The van der Waals surface area contributed by atoms with Crippen LogP contribution in [0.25, 0.3) is 0 Å². The van der Waals surface area contributed by atoms with Crippen molar-refractivity contribution in [1.29, 1.82) is 0 Å². The molecule has 2 aromatic rings. The average molecular weight is 242 g/mol. The zero-order chi connectivity index (χ0) is 12.5. The third-order valence-electron chi connectivity index (χ3n) is 3.47. The molecule has 0 aliphatic heterocycles. The number of hydrogen-bond acceptors (Lipinski definition) is 1. The second-order valence-electron chi connectivity index (χ2n) is 4.90. The Morgan fingerprint density at radius 3 is 2.33 bits per heavy atom. The Bertz CT molecular complexity index is 543. The summed E-state index contributed by atoms with van der Waals surface area (Å²) < 4.78 is 13.1. The van der Waals surface area contributed by atoms with Gasteiger partial charge < -0.3 is 5.11 Å². The predicted octanol–water partition coefficient (Wildman–Crippen LogP) is 3.78. The van der Waals surface area contributed by atoms with Crippen molar-refractivity contribution in [2.75, 3.05) is 0 Å². The van der Waals surface area contributed by atoms with Crippen LogP contribution in [-0.2, 0) is 0 Å². The lowest BCUT2D eigenvalue weighted by atomic mass is 9.99. The molecule has 1 atom stereocenters. The highest BCUT2D eigenvalue weighted by molar-refractivity contribution is 5.34. The number of rotatable bonds is 3. The number of benzene rings is 2. The Labute approximate surface area is 106 Å². The summed E-state index contributed by atoms with van der Waals surface area (Å²) >= 11 is 0. The van der Waals surface area contributed by atoms with Gasteiger partial charge in [-0.1, -0.05) is 36.4 Å². The van der Waals surface area contributed by atoms with Crippen molar-refractivity contribution >= 4 is 0 Å². The Morgan fingerprint density at radius 1 is 1.00 bits per heavy atom. The first-order valence-electron chi connectivity index (χ1n) is 6.27. The molecule has 0 saturated heterocycles. The van der Waals surface area contributed by atoms with Crippen LogP contribution >= 0.6 is 0 Å². The maximum atomic E-state index is 13.1. The van der Waals surface area contributed by atoms with Gasteiger partial charge in [0.25, 0.3) is 0 Å². The molecule has 0 spiro atoms. The van der Waals surface area contributed by atoms with Gasteiger partial charge in [-0.25, -0.2) is 4.39 Å². The lowest BCUT2D eigenvalue weighted by Gasteiger charge is -2.12. The zero-order valence-corrected chi connectivity index (χ0v) is 10.0. The minimum atomic E-state index is -0.756. The molecule has 2 heteroatoms. The Balaban J connectivity index is 1.84. The van der Waals surface area contributed by atoms with Gasteiger partial charge in [0, 0.05) is 0 Å². The smallest absolute Gasteiger partial charge is 0.123 e. The molecule has 1 nitrogen and oxygen atoms in total. The topological polar surface area (TPSA) is 20.2 Å². The van der Waals surface area contributed by atoms with Crippen LogP contribution < -0.4 is 0 Å². The highest BCUT2D eigenvalue weighted by Gasteiger charge is 2.23. The maximum Gasteiger partial charge on any atom is 0.123 e. The van der Waals surface area contributed by atoms with Crippen LogP contribution in [0.4, 0.5) is 4.39 Å². The number of hydrogen-bond donors (Lipinski definition) is 1. The van der Waals surface area contributed by atoms with E-state index in [1.165, 1.54) is 30.5 Å². The minimum absolute atomic E-state index is 0.318. The maximum absolute atomic E-state index is 13.1. The average Bonchev–Trinajstić information content (AvgIpc) is 3.22. The van der Waals surface area contributed by atoms with E-state index in [0.717, 1.165) is 5.56 Å². The van der Waals surface area contributed by atoms with E-state index >= 15 is 0 Å². The Kier molecular flexibility index (Phi) is 2.88. The van der Waals surface area contributed by atoms with Crippen LogP contribution in [-0.4, -0.2) is 5.11 Å². The molecule has 3 rings (SSSR count). The van der Waals surface area contributed by atoms with E-state index in [9.17, 15) is 9.50 Å². The number of halogens is 1. The van der Waals surface area contributed by atoms with Crippen molar-refractivity contribution in [3.8, 4) is 0 Å². The van der Waals surface area contributed by atoms with Gasteiger partial charge in [0.2, 0.25) is 0 Å². The second kappa shape index (κ2) is 4.54. The first-order chi connectivity index (χ1) is 8.74. The first-order valence-corrected chi connectivity index (χ1v) is 6.27. The molecule has 2 aromatic carbocycles. The summed E-state index contributed by atoms with van der Waals surface area (Å²) in [5.74, 6) is 0.395. The third kappa shape index (κ3) is 2.29. The quantitative estimate of drug-likeness (QED) is 0.868. The molecular formula is C16H15FO. The number of aliphatic hydroxyl groups is 1. The molecule has 1 saturated carbocycles. The summed E-state index contributed by atoms with van der Waals surface area (Å²) in [5.41, 5.74) is 2.74. The van der Waals surface area contributed by atoms with Crippen LogP contribution in [0.3, 0.4) is 0 Å². The van der Waals surface area contributed by atoms with Crippen molar-refractivity contribution in [2.45, 2.75) is 24.9 Å². The largest absolute Gasteiger partial charge is 0.384 e. The van der Waals surface area contributed by atoms with Crippen molar-refractivity contribution in [3.63, 3.8) is 0 Å². The van der Waals surface area contributed by atoms with Crippen LogP contribution in [0.2, 0.25) is 0 Å². The van der Waals surface area contributed by atoms with E-state index in [-0.39, 0.29) is 5.82 Å². The molecule has 1 unspecified atom stereocenters. The van der Waals surface area contributed by atoms with Crippen molar-refractivity contribution in [3.05, 3.63) is 71.0 Å². The number of aliphatic hydroxyl groups excluding tert-OH is 1. The highest BCUT2D eigenvalue weighted by Crippen LogP contribution is 2.40. The van der Waals surface area contributed by atoms with Gasteiger partial charge in [-0.3, -0.25) is 0 Å². The molecule has 0 radical (unpaired) electrons. The van der Waals surface area contributed by atoms with Gasteiger partial charge in [-0.15, -0.1) is 0 Å². The monoisotopic (exact) mass is 242 g/mol. The highest BCUT2D eigenvalue weighted by atomic mass is 19.1. The van der Waals surface area contributed by atoms with Crippen LogP contribution in [0.15, 0.2) is 48.5 Å². The van der Waals surface area contributed by atoms with E-state index in [0.29, 0.717) is 11.5 Å². The molecule has 18 heavy (non-hydrogen) atoms. The molecule has 0 heterocycles. The summed E-state index contributed by atoms with van der Waals surface area (Å²) in [5, 5.41) is 10.2. The lowest BCUT2D eigenvalue weighted by Crippen LogP contribution is -2.00. The molecule has 1 fully saturated rings. The summed E-state index contributed by atoms with van der Waals surface area (Å²) in [7, 11) is 0.